The lowest BCUT2D eigenvalue weighted by Crippen LogP contribution is -2.23. The first-order chi connectivity index (χ1) is 10.3. The Morgan fingerprint density at radius 1 is 1.10 bits per heavy atom. The van der Waals surface area contributed by atoms with Gasteiger partial charge in [-0.25, -0.2) is 0 Å². The van der Waals surface area contributed by atoms with Gasteiger partial charge in [-0.3, -0.25) is 4.79 Å². The fourth-order valence-corrected chi connectivity index (χ4v) is 2.49. The molecule has 1 N–H and O–H groups in total. The van der Waals surface area contributed by atoms with Crippen molar-refractivity contribution in [3.05, 3.63) is 60.7 Å². The zero-order valence-electron chi connectivity index (χ0n) is 12.0. The molecule has 0 bridgehead atoms. The summed E-state index contributed by atoms with van der Waals surface area (Å²) < 4.78 is 5.60. The topological polar surface area (TPSA) is 38.3 Å². The number of amides is 1. The molecule has 2 aromatic carbocycles. The normalized spacial score (nSPS) is 11.7. The number of hydrogen-bond donors (Lipinski definition) is 1. The Bertz CT molecular complexity index is 545. The van der Waals surface area contributed by atoms with E-state index in [4.69, 9.17) is 4.74 Å². The monoisotopic (exact) mass is 301 g/mol. The molecule has 0 heterocycles. The van der Waals surface area contributed by atoms with Crippen LogP contribution in [0.4, 0.5) is 5.69 Å². The number of nitrogens with one attached hydrogen (secondary N) is 1. The van der Waals surface area contributed by atoms with E-state index in [1.165, 1.54) is 0 Å². The number of para-hydroxylation sites is 2. The predicted octanol–water partition coefficient (Wildman–Crippen LogP) is 3.83. The van der Waals surface area contributed by atoms with Crippen LogP contribution in [0, 0.1) is 0 Å². The quantitative estimate of drug-likeness (QED) is 0.790. The first-order valence-corrected chi connectivity index (χ1v) is 7.96. The number of ether oxygens (including phenoxy) is 1. The zero-order valence-corrected chi connectivity index (χ0v) is 12.8. The number of thioether (sulfide) groups is 1. The van der Waals surface area contributed by atoms with Gasteiger partial charge in [0, 0.05) is 11.4 Å². The van der Waals surface area contributed by atoms with Crippen LogP contribution in [0.15, 0.2) is 60.7 Å². The highest BCUT2D eigenvalue weighted by molar-refractivity contribution is 8.00. The second-order valence-electron chi connectivity index (χ2n) is 4.53. The van der Waals surface area contributed by atoms with Gasteiger partial charge in [0.2, 0.25) is 5.91 Å². The second-order valence-corrected chi connectivity index (χ2v) is 5.98. The van der Waals surface area contributed by atoms with E-state index in [1.54, 1.807) is 11.8 Å². The first-order valence-electron chi connectivity index (χ1n) is 6.91. The van der Waals surface area contributed by atoms with Gasteiger partial charge in [0.1, 0.15) is 5.75 Å². The average Bonchev–Trinajstić information content (AvgIpc) is 2.53. The van der Waals surface area contributed by atoms with Crippen molar-refractivity contribution in [1.82, 2.24) is 0 Å². The maximum atomic E-state index is 12.0. The third kappa shape index (κ3) is 5.52. The summed E-state index contributed by atoms with van der Waals surface area (Å²) in [5, 5.41) is 2.79. The fourth-order valence-electron chi connectivity index (χ4n) is 1.74. The SMILES string of the molecule is CC(SCCOc1ccccc1)C(=O)Nc1ccccc1. The molecule has 4 heteroatoms. The van der Waals surface area contributed by atoms with E-state index in [-0.39, 0.29) is 11.2 Å². The van der Waals surface area contributed by atoms with Crippen LogP contribution in [-0.4, -0.2) is 23.5 Å². The Morgan fingerprint density at radius 2 is 1.71 bits per heavy atom. The average molecular weight is 301 g/mol. The largest absolute Gasteiger partial charge is 0.493 e. The van der Waals surface area contributed by atoms with Crippen LogP contribution in [-0.2, 0) is 4.79 Å². The van der Waals surface area contributed by atoms with Crippen molar-refractivity contribution in [3.8, 4) is 5.75 Å². The minimum atomic E-state index is -0.107. The molecule has 0 aliphatic rings. The molecule has 0 radical (unpaired) electrons. The summed E-state index contributed by atoms with van der Waals surface area (Å²) in [6, 6.07) is 19.2. The van der Waals surface area contributed by atoms with Crippen LogP contribution >= 0.6 is 11.8 Å². The van der Waals surface area contributed by atoms with Gasteiger partial charge in [0.25, 0.3) is 0 Å². The molecule has 1 amide bonds. The molecule has 110 valence electrons. The lowest BCUT2D eigenvalue weighted by Gasteiger charge is -2.12. The van der Waals surface area contributed by atoms with Crippen LogP contribution in [0.2, 0.25) is 0 Å². The van der Waals surface area contributed by atoms with E-state index in [0.29, 0.717) is 6.61 Å². The van der Waals surface area contributed by atoms with E-state index in [1.807, 2.05) is 67.6 Å². The summed E-state index contributed by atoms with van der Waals surface area (Å²) in [5.41, 5.74) is 0.829. The minimum Gasteiger partial charge on any atom is -0.493 e. The second kappa shape index (κ2) is 8.37. The highest BCUT2D eigenvalue weighted by Gasteiger charge is 2.13. The van der Waals surface area contributed by atoms with Crippen molar-refractivity contribution in [1.29, 1.82) is 0 Å². The molecule has 0 fully saturated rings. The summed E-state index contributed by atoms with van der Waals surface area (Å²) in [6.45, 7) is 2.50. The molecule has 0 spiro atoms. The molecule has 3 nitrogen and oxygen atoms in total. The van der Waals surface area contributed by atoms with Crippen molar-refractivity contribution in [2.45, 2.75) is 12.2 Å². The van der Waals surface area contributed by atoms with Gasteiger partial charge in [-0.1, -0.05) is 36.4 Å². The fraction of sp³-hybridized carbons (Fsp3) is 0.235. The lowest BCUT2D eigenvalue weighted by atomic mass is 10.3. The molecule has 2 rings (SSSR count). The van der Waals surface area contributed by atoms with Gasteiger partial charge < -0.3 is 10.1 Å². The molecule has 0 aromatic heterocycles. The van der Waals surface area contributed by atoms with Crippen molar-refractivity contribution < 1.29 is 9.53 Å². The van der Waals surface area contributed by atoms with Crippen LogP contribution in [0.1, 0.15) is 6.92 Å². The smallest absolute Gasteiger partial charge is 0.237 e. The Morgan fingerprint density at radius 3 is 2.38 bits per heavy atom. The number of rotatable bonds is 7. The van der Waals surface area contributed by atoms with Crippen molar-refractivity contribution in [3.63, 3.8) is 0 Å². The number of anilines is 1. The van der Waals surface area contributed by atoms with Crippen molar-refractivity contribution >= 4 is 23.4 Å². The Kier molecular flexibility index (Phi) is 6.16. The standard InChI is InChI=1S/C17H19NO2S/c1-14(17(19)18-15-8-4-2-5-9-15)21-13-12-20-16-10-6-3-7-11-16/h2-11,14H,12-13H2,1H3,(H,18,19). The molecular formula is C17H19NO2S. The van der Waals surface area contributed by atoms with Crippen LogP contribution in [0.3, 0.4) is 0 Å². The maximum Gasteiger partial charge on any atom is 0.237 e. The predicted molar refractivity (Wildman–Crippen MR) is 88.9 cm³/mol. The first kappa shape index (κ1) is 15.4. The Labute approximate surface area is 129 Å². The summed E-state index contributed by atoms with van der Waals surface area (Å²) in [6.07, 6.45) is 0. The summed E-state index contributed by atoms with van der Waals surface area (Å²) >= 11 is 1.59. The van der Waals surface area contributed by atoms with Gasteiger partial charge >= 0.3 is 0 Å². The van der Waals surface area contributed by atoms with Gasteiger partial charge in [-0.05, 0) is 31.2 Å². The maximum absolute atomic E-state index is 12.0. The minimum absolute atomic E-state index is 0.0194. The number of hydrogen-bond acceptors (Lipinski definition) is 3. The van der Waals surface area contributed by atoms with Gasteiger partial charge in [-0.2, -0.15) is 0 Å². The molecule has 2 aromatic rings. The van der Waals surface area contributed by atoms with Gasteiger partial charge in [0.05, 0.1) is 11.9 Å². The third-order valence-electron chi connectivity index (χ3n) is 2.87. The zero-order chi connectivity index (χ0) is 14.9. The molecule has 0 saturated heterocycles. The molecular weight excluding hydrogens is 282 g/mol. The molecule has 0 saturated carbocycles. The Hall–Kier alpha value is -1.94. The Balaban J connectivity index is 1.67. The highest BCUT2D eigenvalue weighted by Crippen LogP contribution is 2.15. The summed E-state index contributed by atoms with van der Waals surface area (Å²) in [7, 11) is 0. The van der Waals surface area contributed by atoms with E-state index >= 15 is 0 Å². The summed E-state index contributed by atoms with van der Waals surface area (Å²) in [5.74, 6) is 1.66. The van der Waals surface area contributed by atoms with E-state index < -0.39 is 0 Å². The van der Waals surface area contributed by atoms with Crippen LogP contribution in [0.5, 0.6) is 5.75 Å². The van der Waals surface area contributed by atoms with E-state index in [0.717, 1.165) is 17.2 Å². The van der Waals surface area contributed by atoms with Gasteiger partial charge in [-0.15, -0.1) is 11.8 Å². The lowest BCUT2D eigenvalue weighted by molar-refractivity contribution is -0.115. The number of benzene rings is 2. The third-order valence-corrected chi connectivity index (χ3v) is 3.99. The van der Waals surface area contributed by atoms with Crippen molar-refractivity contribution in [2.75, 3.05) is 17.7 Å². The van der Waals surface area contributed by atoms with Crippen LogP contribution in [0.25, 0.3) is 0 Å². The molecule has 0 aliphatic heterocycles. The molecule has 0 aliphatic carbocycles. The van der Waals surface area contributed by atoms with Crippen LogP contribution < -0.4 is 10.1 Å². The molecule has 1 atom stereocenters. The van der Waals surface area contributed by atoms with E-state index in [2.05, 4.69) is 5.32 Å². The number of carbonyl (C=O) groups is 1. The van der Waals surface area contributed by atoms with Crippen molar-refractivity contribution in [2.24, 2.45) is 0 Å². The molecule has 1 unspecified atom stereocenters. The highest BCUT2D eigenvalue weighted by atomic mass is 32.2. The van der Waals surface area contributed by atoms with Gasteiger partial charge in [0.15, 0.2) is 0 Å². The summed E-state index contributed by atoms with van der Waals surface area (Å²) in [4.78, 5) is 12.0. The molecule has 21 heavy (non-hydrogen) atoms. The number of carbonyl (C=O) groups excluding carboxylic acids is 1. The van der Waals surface area contributed by atoms with E-state index in [9.17, 15) is 4.79 Å².